The summed E-state index contributed by atoms with van der Waals surface area (Å²) in [4.78, 5) is 36.2. The number of hydrogen-bond donors (Lipinski definition) is 1. The number of nitrogens with two attached hydrogens (primary N) is 1. The molecular formula is C16H21F3N6O3. The van der Waals surface area contributed by atoms with Gasteiger partial charge in [0.2, 0.25) is 5.95 Å². The van der Waals surface area contributed by atoms with Crippen molar-refractivity contribution in [3.05, 3.63) is 18.0 Å². The van der Waals surface area contributed by atoms with E-state index in [2.05, 4.69) is 9.97 Å². The molecule has 0 saturated carbocycles. The van der Waals surface area contributed by atoms with Crippen molar-refractivity contribution in [2.24, 2.45) is 5.73 Å². The van der Waals surface area contributed by atoms with Crippen LogP contribution in [0.2, 0.25) is 0 Å². The number of piperazine rings is 1. The van der Waals surface area contributed by atoms with E-state index in [0.717, 1.165) is 12.4 Å². The molecule has 1 aromatic heterocycles. The number of amides is 3. The SMILES string of the molecule is NC(=O)OC1CCCN(C(=O)N2CCN(c3ncc(C(F)(F)F)cn3)CC2)C1. The predicted octanol–water partition coefficient (Wildman–Crippen LogP) is 1.30. The lowest BCUT2D eigenvalue weighted by Crippen LogP contribution is -2.55. The molecule has 1 atom stereocenters. The lowest BCUT2D eigenvalue weighted by Gasteiger charge is -2.39. The Morgan fingerprint density at radius 2 is 1.71 bits per heavy atom. The maximum absolute atomic E-state index is 12.7. The first-order valence-electron chi connectivity index (χ1n) is 8.88. The number of aromatic nitrogens is 2. The molecule has 2 aliphatic rings. The lowest BCUT2D eigenvalue weighted by atomic mass is 10.1. The van der Waals surface area contributed by atoms with Gasteiger partial charge in [-0.05, 0) is 12.8 Å². The fourth-order valence-corrected chi connectivity index (χ4v) is 3.30. The molecule has 2 aliphatic heterocycles. The average molecular weight is 402 g/mol. The van der Waals surface area contributed by atoms with Crippen molar-refractivity contribution < 1.29 is 27.5 Å². The van der Waals surface area contributed by atoms with Crippen molar-refractivity contribution in [1.82, 2.24) is 19.8 Å². The van der Waals surface area contributed by atoms with Crippen LogP contribution >= 0.6 is 0 Å². The van der Waals surface area contributed by atoms with E-state index < -0.39 is 23.9 Å². The van der Waals surface area contributed by atoms with Crippen LogP contribution in [0.25, 0.3) is 0 Å². The summed E-state index contributed by atoms with van der Waals surface area (Å²) < 4.78 is 42.8. The van der Waals surface area contributed by atoms with Gasteiger partial charge in [-0.25, -0.2) is 19.6 Å². The largest absolute Gasteiger partial charge is 0.445 e. The molecule has 9 nitrogen and oxygen atoms in total. The molecular weight excluding hydrogens is 381 g/mol. The number of carbonyl (C=O) groups is 2. The lowest BCUT2D eigenvalue weighted by molar-refractivity contribution is -0.138. The number of piperidine rings is 1. The zero-order valence-electron chi connectivity index (χ0n) is 15.1. The Bertz CT molecular complexity index is 707. The van der Waals surface area contributed by atoms with Gasteiger partial charge >= 0.3 is 18.3 Å². The highest BCUT2D eigenvalue weighted by atomic mass is 19.4. The molecule has 1 aromatic rings. The van der Waals surface area contributed by atoms with Gasteiger partial charge in [-0.15, -0.1) is 0 Å². The third kappa shape index (κ3) is 4.73. The Balaban J connectivity index is 1.53. The van der Waals surface area contributed by atoms with Crippen molar-refractivity contribution in [2.75, 3.05) is 44.2 Å². The van der Waals surface area contributed by atoms with E-state index in [-0.39, 0.29) is 12.0 Å². The van der Waals surface area contributed by atoms with Crippen molar-refractivity contribution in [2.45, 2.75) is 25.1 Å². The summed E-state index contributed by atoms with van der Waals surface area (Å²) in [6, 6.07) is -0.161. The van der Waals surface area contributed by atoms with Gasteiger partial charge in [0.15, 0.2) is 0 Å². The fourth-order valence-electron chi connectivity index (χ4n) is 3.30. The molecule has 28 heavy (non-hydrogen) atoms. The van der Waals surface area contributed by atoms with Gasteiger partial charge in [0.1, 0.15) is 6.10 Å². The Labute approximate surface area is 159 Å². The van der Waals surface area contributed by atoms with Crippen LogP contribution in [0.1, 0.15) is 18.4 Å². The number of ether oxygens (including phenoxy) is 1. The number of halogens is 3. The highest BCUT2D eigenvalue weighted by Crippen LogP contribution is 2.28. The van der Waals surface area contributed by atoms with E-state index in [1.807, 2.05) is 0 Å². The molecule has 12 heteroatoms. The number of carbonyl (C=O) groups excluding carboxylic acids is 2. The average Bonchev–Trinajstić information content (AvgIpc) is 2.67. The fraction of sp³-hybridized carbons (Fsp3) is 0.625. The number of rotatable bonds is 2. The Morgan fingerprint density at radius 3 is 2.29 bits per heavy atom. The van der Waals surface area contributed by atoms with Gasteiger partial charge in [0.25, 0.3) is 0 Å². The summed E-state index contributed by atoms with van der Waals surface area (Å²) in [6.45, 7) is 2.46. The molecule has 0 aromatic carbocycles. The minimum absolute atomic E-state index is 0.161. The van der Waals surface area contributed by atoms with Gasteiger partial charge in [-0.2, -0.15) is 13.2 Å². The van der Waals surface area contributed by atoms with E-state index in [0.29, 0.717) is 52.1 Å². The number of nitrogens with zero attached hydrogens (tertiary/aromatic N) is 5. The second-order valence-electron chi connectivity index (χ2n) is 6.67. The molecule has 3 rings (SSSR count). The maximum Gasteiger partial charge on any atom is 0.419 e. The van der Waals surface area contributed by atoms with Gasteiger partial charge in [-0.1, -0.05) is 0 Å². The summed E-state index contributed by atoms with van der Waals surface area (Å²) in [5, 5.41) is 0. The number of hydrogen-bond acceptors (Lipinski definition) is 6. The summed E-state index contributed by atoms with van der Waals surface area (Å²) >= 11 is 0. The third-order valence-electron chi connectivity index (χ3n) is 4.73. The second-order valence-corrected chi connectivity index (χ2v) is 6.67. The Hall–Kier alpha value is -2.79. The monoisotopic (exact) mass is 402 g/mol. The molecule has 3 heterocycles. The third-order valence-corrected chi connectivity index (χ3v) is 4.73. The zero-order chi connectivity index (χ0) is 20.3. The van der Waals surface area contributed by atoms with E-state index in [4.69, 9.17) is 10.5 Å². The van der Waals surface area contributed by atoms with Crippen LogP contribution in [0.5, 0.6) is 0 Å². The summed E-state index contributed by atoms with van der Waals surface area (Å²) in [6.07, 6.45) is -2.86. The molecule has 154 valence electrons. The molecule has 0 spiro atoms. The first kappa shape index (κ1) is 20.0. The van der Waals surface area contributed by atoms with Crippen molar-refractivity contribution in [3.63, 3.8) is 0 Å². The van der Waals surface area contributed by atoms with Crippen LogP contribution in [0.15, 0.2) is 12.4 Å². The second kappa shape index (κ2) is 8.07. The minimum Gasteiger partial charge on any atom is -0.445 e. The molecule has 3 amide bonds. The topological polar surface area (TPSA) is 105 Å². The van der Waals surface area contributed by atoms with Crippen LogP contribution in [-0.4, -0.2) is 77.3 Å². The van der Waals surface area contributed by atoms with E-state index in [1.165, 1.54) is 0 Å². The van der Waals surface area contributed by atoms with Gasteiger partial charge < -0.3 is 25.2 Å². The maximum atomic E-state index is 12.7. The number of primary amides is 1. The summed E-state index contributed by atoms with van der Waals surface area (Å²) in [5.41, 5.74) is 4.14. The molecule has 1 unspecified atom stereocenters. The summed E-state index contributed by atoms with van der Waals surface area (Å²) in [7, 11) is 0. The van der Waals surface area contributed by atoms with Crippen molar-refractivity contribution >= 4 is 18.1 Å². The standard InChI is InChI=1S/C16H21F3N6O3/c17-16(18,19)11-8-21-14(22-9-11)23-4-6-24(7-5-23)15(27)25-3-1-2-12(10-25)28-13(20)26/h8-9,12H,1-7,10H2,(H2,20,26). The first-order valence-corrected chi connectivity index (χ1v) is 8.88. The molecule has 0 aliphatic carbocycles. The number of anilines is 1. The predicted molar refractivity (Wildman–Crippen MR) is 91.5 cm³/mol. The molecule has 0 bridgehead atoms. The number of alkyl halides is 3. The van der Waals surface area contributed by atoms with Crippen LogP contribution in [0.3, 0.4) is 0 Å². The van der Waals surface area contributed by atoms with Gasteiger partial charge in [0.05, 0.1) is 12.1 Å². The Morgan fingerprint density at radius 1 is 1.07 bits per heavy atom. The minimum atomic E-state index is -4.48. The van der Waals surface area contributed by atoms with Crippen molar-refractivity contribution in [3.8, 4) is 0 Å². The van der Waals surface area contributed by atoms with E-state index in [1.54, 1.807) is 14.7 Å². The highest BCUT2D eigenvalue weighted by molar-refractivity contribution is 5.75. The van der Waals surface area contributed by atoms with Gasteiger partial charge in [0, 0.05) is 45.1 Å². The molecule has 2 fully saturated rings. The van der Waals surface area contributed by atoms with Crippen LogP contribution < -0.4 is 10.6 Å². The normalized spacial score (nSPS) is 20.8. The number of likely N-dealkylation sites (tertiary alicyclic amines) is 1. The molecule has 0 radical (unpaired) electrons. The van der Waals surface area contributed by atoms with Crippen LogP contribution in [0.4, 0.5) is 28.7 Å². The Kier molecular flexibility index (Phi) is 5.75. The van der Waals surface area contributed by atoms with E-state index in [9.17, 15) is 22.8 Å². The highest BCUT2D eigenvalue weighted by Gasteiger charge is 2.33. The summed E-state index contributed by atoms with van der Waals surface area (Å²) in [5.74, 6) is 0.202. The molecule has 2 N–H and O–H groups in total. The smallest absolute Gasteiger partial charge is 0.419 e. The first-order chi connectivity index (χ1) is 13.2. The van der Waals surface area contributed by atoms with Crippen LogP contribution in [0, 0.1) is 0 Å². The van der Waals surface area contributed by atoms with Crippen LogP contribution in [-0.2, 0) is 10.9 Å². The quantitative estimate of drug-likeness (QED) is 0.800. The zero-order valence-corrected chi connectivity index (χ0v) is 15.1. The number of urea groups is 1. The van der Waals surface area contributed by atoms with E-state index >= 15 is 0 Å². The van der Waals surface area contributed by atoms with Gasteiger partial charge in [-0.3, -0.25) is 0 Å². The molecule has 2 saturated heterocycles. The van der Waals surface area contributed by atoms with Crippen molar-refractivity contribution in [1.29, 1.82) is 0 Å².